The van der Waals surface area contributed by atoms with E-state index < -0.39 is 0 Å². The minimum atomic E-state index is -0.374. The third-order valence-corrected chi connectivity index (χ3v) is 3.70. The van der Waals surface area contributed by atoms with E-state index in [1.54, 1.807) is 30.3 Å². The minimum absolute atomic E-state index is 0.122. The van der Waals surface area contributed by atoms with Gasteiger partial charge in [-0.25, -0.2) is 0 Å². The monoisotopic (exact) mass is 306 g/mol. The quantitative estimate of drug-likeness (QED) is 0.348. The second-order valence-electron chi connectivity index (χ2n) is 5.20. The fraction of sp³-hybridized carbons (Fsp3) is 0.0588. The van der Waals surface area contributed by atoms with Gasteiger partial charge in [0, 0.05) is 28.1 Å². The maximum Gasteiger partial charge on any atom is 0.259 e. The van der Waals surface area contributed by atoms with Crippen molar-refractivity contribution in [3.05, 3.63) is 65.4 Å². The molecule has 6 heteroatoms. The summed E-state index contributed by atoms with van der Waals surface area (Å²) in [7, 11) is 1.99. The highest BCUT2D eigenvalue weighted by Crippen LogP contribution is 2.32. The molecule has 0 spiro atoms. The molecule has 23 heavy (non-hydrogen) atoms. The molecule has 0 saturated heterocycles. The van der Waals surface area contributed by atoms with E-state index in [1.807, 2.05) is 20.0 Å². The number of carbonyl (C=O) groups is 2. The lowest BCUT2D eigenvalue weighted by atomic mass is 9.99. The normalized spacial score (nSPS) is 14.4. The first-order valence-corrected chi connectivity index (χ1v) is 7.33. The number of hydrogen-bond donors (Lipinski definition) is 3. The topological polar surface area (TPSA) is 78.4 Å². The van der Waals surface area contributed by atoms with Crippen molar-refractivity contribution in [2.45, 2.75) is 0 Å². The van der Waals surface area contributed by atoms with Gasteiger partial charge in [0.1, 0.15) is 7.85 Å². The van der Waals surface area contributed by atoms with Crippen molar-refractivity contribution in [3.63, 3.8) is 0 Å². The highest BCUT2D eigenvalue weighted by Gasteiger charge is 2.25. The predicted molar refractivity (Wildman–Crippen MR) is 92.6 cm³/mol. The third kappa shape index (κ3) is 2.71. The van der Waals surface area contributed by atoms with Crippen molar-refractivity contribution in [1.82, 2.24) is 0 Å². The van der Waals surface area contributed by atoms with Gasteiger partial charge in [-0.2, -0.15) is 0 Å². The Kier molecular flexibility index (Phi) is 3.89. The van der Waals surface area contributed by atoms with Gasteiger partial charge in [-0.05, 0) is 24.6 Å². The summed E-state index contributed by atoms with van der Waals surface area (Å²) in [5, 5.41) is 14.9. The number of anilines is 2. The standard InChI is InChI=1S/C17H15BN2O3/c18-9-19-12-3-1-2-10(6-12)16(22)11-4-5-13-14(8-21)17(23)20-15(13)7-11/h1-8,19,21H,9,18H2,(H,20,23). The van der Waals surface area contributed by atoms with Crippen LogP contribution in [0.1, 0.15) is 21.5 Å². The van der Waals surface area contributed by atoms with E-state index in [2.05, 4.69) is 10.6 Å². The molecule has 5 nitrogen and oxygen atoms in total. The van der Waals surface area contributed by atoms with Crippen molar-refractivity contribution in [2.24, 2.45) is 0 Å². The lowest BCUT2D eigenvalue weighted by Crippen LogP contribution is -2.05. The van der Waals surface area contributed by atoms with Crippen molar-refractivity contribution >= 4 is 36.5 Å². The molecule has 0 saturated carbocycles. The summed E-state index contributed by atoms with van der Waals surface area (Å²) in [6.45, 7) is 0. The van der Waals surface area contributed by atoms with Gasteiger partial charge in [0.2, 0.25) is 0 Å². The van der Waals surface area contributed by atoms with E-state index >= 15 is 0 Å². The van der Waals surface area contributed by atoms with Gasteiger partial charge in [0.25, 0.3) is 5.91 Å². The molecule has 1 aliphatic heterocycles. The van der Waals surface area contributed by atoms with E-state index in [0.717, 1.165) is 18.4 Å². The number of aliphatic hydroxyl groups excluding tert-OH is 1. The Morgan fingerprint density at radius 3 is 2.74 bits per heavy atom. The number of aliphatic hydroxyl groups is 1. The van der Waals surface area contributed by atoms with Crippen molar-refractivity contribution in [2.75, 3.05) is 17.1 Å². The molecule has 0 aromatic heterocycles. The molecule has 1 aliphatic rings. The Morgan fingerprint density at radius 1 is 1.22 bits per heavy atom. The van der Waals surface area contributed by atoms with Crippen LogP contribution in [-0.2, 0) is 4.79 Å². The highest BCUT2D eigenvalue weighted by molar-refractivity contribution is 6.31. The van der Waals surface area contributed by atoms with E-state index in [-0.39, 0.29) is 17.3 Å². The van der Waals surface area contributed by atoms with Crippen LogP contribution in [0.4, 0.5) is 11.4 Å². The van der Waals surface area contributed by atoms with Crippen LogP contribution >= 0.6 is 0 Å². The fourth-order valence-electron chi connectivity index (χ4n) is 2.61. The SMILES string of the molecule is BCNc1cccc(C(=O)c2ccc3c(c2)NC(=O)C3=CO)c1. The van der Waals surface area contributed by atoms with E-state index in [0.29, 0.717) is 22.4 Å². The Labute approximate surface area is 134 Å². The Bertz CT molecular complexity index is 830. The molecule has 0 aliphatic carbocycles. The van der Waals surface area contributed by atoms with Gasteiger partial charge in [0.15, 0.2) is 5.78 Å². The number of rotatable bonds is 4. The van der Waals surface area contributed by atoms with Crippen LogP contribution in [0.3, 0.4) is 0 Å². The molecule has 2 aromatic rings. The molecule has 1 heterocycles. The number of nitrogens with one attached hydrogen (secondary N) is 2. The maximum atomic E-state index is 12.6. The van der Waals surface area contributed by atoms with E-state index in [1.165, 1.54) is 0 Å². The molecular formula is C17H15BN2O3. The first kappa shape index (κ1) is 14.9. The van der Waals surface area contributed by atoms with Crippen LogP contribution < -0.4 is 10.6 Å². The molecule has 0 unspecified atom stereocenters. The Morgan fingerprint density at radius 2 is 2.00 bits per heavy atom. The van der Waals surface area contributed by atoms with Crippen molar-refractivity contribution < 1.29 is 14.7 Å². The second-order valence-corrected chi connectivity index (χ2v) is 5.20. The Balaban J connectivity index is 1.94. The summed E-state index contributed by atoms with van der Waals surface area (Å²) in [6, 6.07) is 12.2. The number of benzene rings is 2. The van der Waals surface area contributed by atoms with Gasteiger partial charge < -0.3 is 15.7 Å². The summed E-state index contributed by atoms with van der Waals surface area (Å²) >= 11 is 0. The average molecular weight is 306 g/mol. The largest absolute Gasteiger partial charge is 0.515 e. The number of carbonyl (C=O) groups excluding carboxylic acids is 2. The first-order chi connectivity index (χ1) is 11.1. The van der Waals surface area contributed by atoms with Crippen LogP contribution in [0.5, 0.6) is 0 Å². The molecule has 0 atom stereocenters. The summed E-state index contributed by atoms with van der Waals surface area (Å²) < 4.78 is 0. The lowest BCUT2D eigenvalue weighted by molar-refractivity contribution is -0.110. The number of amides is 1. The molecule has 2 aromatic carbocycles. The average Bonchev–Trinajstić information content (AvgIpc) is 2.88. The molecule has 114 valence electrons. The molecule has 1 amide bonds. The van der Waals surface area contributed by atoms with E-state index in [9.17, 15) is 9.59 Å². The summed E-state index contributed by atoms with van der Waals surface area (Å²) in [5.74, 6) is -0.496. The van der Waals surface area contributed by atoms with Crippen molar-refractivity contribution in [1.29, 1.82) is 0 Å². The zero-order valence-electron chi connectivity index (χ0n) is 12.6. The molecule has 0 fully saturated rings. The van der Waals surface area contributed by atoms with Crippen molar-refractivity contribution in [3.8, 4) is 0 Å². The summed E-state index contributed by atoms with van der Waals surface area (Å²) in [5.41, 5.74) is 3.27. The molecule has 0 radical (unpaired) electrons. The summed E-state index contributed by atoms with van der Waals surface area (Å²) in [6.07, 6.45) is 1.56. The fourth-order valence-corrected chi connectivity index (χ4v) is 2.61. The molecule has 3 N–H and O–H groups in total. The second kappa shape index (κ2) is 6.00. The van der Waals surface area contributed by atoms with Crippen LogP contribution in [0.2, 0.25) is 0 Å². The lowest BCUT2D eigenvalue weighted by Gasteiger charge is -2.07. The van der Waals surface area contributed by atoms with Gasteiger partial charge in [-0.15, -0.1) is 0 Å². The smallest absolute Gasteiger partial charge is 0.259 e. The van der Waals surface area contributed by atoms with Gasteiger partial charge in [-0.1, -0.05) is 24.3 Å². The van der Waals surface area contributed by atoms with E-state index in [4.69, 9.17) is 5.11 Å². The molecule has 0 bridgehead atoms. The third-order valence-electron chi connectivity index (χ3n) is 3.70. The van der Waals surface area contributed by atoms with Crippen LogP contribution in [-0.4, -0.2) is 31.1 Å². The van der Waals surface area contributed by atoms with Gasteiger partial charge >= 0.3 is 0 Å². The Hall–Kier alpha value is -3.02. The van der Waals surface area contributed by atoms with Gasteiger partial charge in [-0.3, -0.25) is 9.59 Å². The predicted octanol–water partition coefficient (Wildman–Crippen LogP) is 1.77. The highest BCUT2D eigenvalue weighted by atomic mass is 16.2. The maximum absolute atomic E-state index is 12.6. The van der Waals surface area contributed by atoms with Crippen LogP contribution in [0.25, 0.3) is 5.57 Å². The number of ketones is 1. The van der Waals surface area contributed by atoms with Crippen LogP contribution in [0, 0.1) is 0 Å². The van der Waals surface area contributed by atoms with Gasteiger partial charge in [0.05, 0.1) is 11.8 Å². The number of fused-ring (bicyclic) bond motifs is 1. The minimum Gasteiger partial charge on any atom is -0.515 e. The van der Waals surface area contributed by atoms with Crippen LogP contribution in [0.15, 0.2) is 48.7 Å². The summed E-state index contributed by atoms with van der Waals surface area (Å²) in [4.78, 5) is 24.3. The zero-order valence-corrected chi connectivity index (χ0v) is 12.6. The first-order valence-electron chi connectivity index (χ1n) is 7.33. The molecule has 3 rings (SSSR count). The zero-order chi connectivity index (χ0) is 16.4. The number of hydrogen-bond acceptors (Lipinski definition) is 4. The molecular weight excluding hydrogens is 291 g/mol.